The van der Waals surface area contributed by atoms with E-state index in [0.29, 0.717) is 11.3 Å². The van der Waals surface area contributed by atoms with Crippen molar-refractivity contribution in [3.8, 4) is 5.75 Å². The van der Waals surface area contributed by atoms with Crippen LogP contribution in [0.3, 0.4) is 0 Å². The summed E-state index contributed by atoms with van der Waals surface area (Å²) in [7, 11) is 0. The summed E-state index contributed by atoms with van der Waals surface area (Å²) in [6.07, 6.45) is 1.91. The summed E-state index contributed by atoms with van der Waals surface area (Å²) in [6, 6.07) is 15.1. The van der Waals surface area contributed by atoms with Gasteiger partial charge in [-0.2, -0.15) is 0 Å². The Morgan fingerprint density at radius 2 is 2.00 bits per heavy atom. The Balaban J connectivity index is 1.57. The molecule has 0 spiro atoms. The number of fused-ring (bicyclic) bond motifs is 1. The highest BCUT2D eigenvalue weighted by atomic mass is 16.5. The lowest BCUT2D eigenvalue weighted by molar-refractivity contribution is -0.123. The van der Waals surface area contributed by atoms with Crippen molar-refractivity contribution in [3.05, 3.63) is 65.2 Å². The van der Waals surface area contributed by atoms with Crippen LogP contribution < -0.4 is 10.1 Å². The molecule has 0 saturated heterocycles. The summed E-state index contributed by atoms with van der Waals surface area (Å²) in [4.78, 5) is 23.4. The van der Waals surface area contributed by atoms with E-state index in [1.807, 2.05) is 12.1 Å². The lowest BCUT2D eigenvalue weighted by Gasteiger charge is -2.14. The van der Waals surface area contributed by atoms with Gasteiger partial charge in [0.25, 0.3) is 5.91 Å². The Bertz CT molecular complexity index is 739. The summed E-state index contributed by atoms with van der Waals surface area (Å²) >= 11 is 0. The van der Waals surface area contributed by atoms with Crippen LogP contribution in [0.5, 0.6) is 5.75 Å². The first-order valence-electron chi connectivity index (χ1n) is 7.74. The van der Waals surface area contributed by atoms with Crippen molar-refractivity contribution in [1.29, 1.82) is 0 Å². The third kappa shape index (κ3) is 3.59. The number of amides is 1. The Kier molecular flexibility index (Phi) is 4.42. The van der Waals surface area contributed by atoms with E-state index in [1.54, 1.807) is 24.3 Å². The van der Waals surface area contributed by atoms with Crippen LogP contribution in [0.1, 0.15) is 40.9 Å². The highest BCUT2D eigenvalue weighted by molar-refractivity contribution is 5.94. The molecule has 0 radical (unpaired) electrons. The molecule has 4 heteroatoms. The Morgan fingerprint density at radius 3 is 2.83 bits per heavy atom. The monoisotopic (exact) mass is 309 g/mol. The van der Waals surface area contributed by atoms with Gasteiger partial charge in [-0.1, -0.05) is 36.4 Å². The molecule has 0 fully saturated rings. The molecule has 23 heavy (non-hydrogen) atoms. The number of nitrogens with one attached hydrogen (secondary N) is 1. The van der Waals surface area contributed by atoms with Crippen molar-refractivity contribution >= 4 is 11.7 Å². The van der Waals surface area contributed by atoms with Crippen molar-refractivity contribution in [2.45, 2.75) is 25.8 Å². The van der Waals surface area contributed by atoms with E-state index in [9.17, 15) is 9.59 Å². The fraction of sp³-hybridized carbons (Fsp3) is 0.263. The first-order chi connectivity index (χ1) is 11.1. The lowest BCUT2D eigenvalue weighted by Crippen LogP contribution is -2.31. The predicted molar refractivity (Wildman–Crippen MR) is 87.6 cm³/mol. The number of hydrogen-bond donors (Lipinski definition) is 1. The molecule has 118 valence electrons. The Labute approximate surface area is 135 Å². The van der Waals surface area contributed by atoms with E-state index in [-0.39, 0.29) is 24.3 Å². The largest absolute Gasteiger partial charge is 0.484 e. The summed E-state index contributed by atoms with van der Waals surface area (Å²) in [6.45, 7) is 1.45. The van der Waals surface area contributed by atoms with Crippen LogP contribution in [0.2, 0.25) is 0 Å². The molecule has 0 aliphatic heterocycles. The molecule has 2 aromatic carbocycles. The highest BCUT2D eigenvalue weighted by Gasteiger charge is 2.23. The first-order valence-corrected chi connectivity index (χ1v) is 7.74. The van der Waals surface area contributed by atoms with Gasteiger partial charge >= 0.3 is 0 Å². The standard InChI is InChI=1S/C19H19NO3/c1-13(21)15-6-4-7-16(11-15)23-12-19(22)20-18-10-9-14-5-2-3-8-17(14)18/h2-8,11,18H,9-10,12H2,1H3,(H,20,22)/t18-/m0/s1. The third-order valence-corrected chi connectivity index (χ3v) is 4.08. The maximum atomic E-state index is 12.1. The van der Waals surface area contributed by atoms with Crippen LogP contribution in [0.25, 0.3) is 0 Å². The van der Waals surface area contributed by atoms with Gasteiger partial charge in [0.2, 0.25) is 0 Å². The number of ketones is 1. The van der Waals surface area contributed by atoms with Crippen molar-refractivity contribution in [2.24, 2.45) is 0 Å². The molecular formula is C19H19NO3. The van der Waals surface area contributed by atoms with Crippen molar-refractivity contribution in [1.82, 2.24) is 5.32 Å². The first kappa shape index (κ1) is 15.3. The number of benzene rings is 2. The zero-order valence-corrected chi connectivity index (χ0v) is 13.0. The second-order valence-corrected chi connectivity index (χ2v) is 5.73. The summed E-state index contributed by atoms with van der Waals surface area (Å²) in [5.74, 6) is 0.349. The van der Waals surface area contributed by atoms with Gasteiger partial charge in [0.1, 0.15) is 5.75 Å². The molecule has 1 N–H and O–H groups in total. The molecule has 2 aromatic rings. The second-order valence-electron chi connectivity index (χ2n) is 5.73. The van der Waals surface area contributed by atoms with E-state index < -0.39 is 0 Å². The van der Waals surface area contributed by atoms with Crippen LogP contribution in [0, 0.1) is 0 Å². The van der Waals surface area contributed by atoms with E-state index in [1.165, 1.54) is 18.1 Å². The predicted octanol–water partition coefficient (Wildman–Crippen LogP) is 3.07. The molecule has 1 atom stereocenters. The van der Waals surface area contributed by atoms with Crippen LogP contribution in [0.15, 0.2) is 48.5 Å². The van der Waals surface area contributed by atoms with Crippen molar-refractivity contribution in [3.63, 3.8) is 0 Å². The van der Waals surface area contributed by atoms with Gasteiger partial charge in [0.15, 0.2) is 12.4 Å². The maximum Gasteiger partial charge on any atom is 0.258 e. The zero-order chi connectivity index (χ0) is 16.2. The number of carbonyl (C=O) groups excluding carboxylic acids is 2. The average Bonchev–Trinajstić information content (AvgIpc) is 2.96. The van der Waals surface area contributed by atoms with Crippen LogP contribution in [-0.4, -0.2) is 18.3 Å². The third-order valence-electron chi connectivity index (χ3n) is 4.08. The van der Waals surface area contributed by atoms with Gasteiger partial charge in [-0.05, 0) is 43.0 Å². The molecule has 1 aliphatic carbocycles. The molecular weight excluding hydrogens is 290 g/mol. The van der Waals surface area contributed by atoms with Gasteiger partial charge in [0, 0.05) is 5.56 Å². The maximum absolute atomic E-state index is 12.1. The zero-order valence-electron chi connectivity index (χ0n) is 13.0. The minimum absolute atomic E-state index is 0.0255. The second kappa shape index (κ2) is 6.65. The molecule has 4 nitrogen and oxygen atoms in total. The quantitative estimate of drug-likeness (QED) is 0.864. The minimum atomic E-state index is -0.153. The topological polar surface area (TPSA) is 55.4 Å². The van der Waals surface area contributed by atoms with Gasteiger partial charge in [-0.3, -0.25) is 9.59 Å². The smallest absolute Gasteiger partial charge is 0.258 e. The normalized spacial score (nSPS) is 15.8. The fourth-order valence-electron chi connectivity index (χ4n) is 2.90. The summed E-state index contributed by atoms with van der Waals surface area (Å²) in [5, 5.41) is 3.01. The fourth-order valence-corrected chi connectivity index (χ4v) is 2.90. The average molecular weight is 309 g/mol. The highest BCUT2D eigenvalue weighted by Crippen LogP contribution is 2.30. The number of ether oxygens (including phenoxy) is 1. The molecule has 0 aromatic heterocycles. The van der Waals surface area contributed by atoms with Gasteiger partial charge in [0.05, 0.1) is 6.04 Å². The van der Waals surface area contributed by atoms with Crippen molar-refractivity contribution in [2.75, 3.05) is 6.61 Å². The minimum Gasteiger partial charge on any atom is -0.484 e. The summed E-state index contributed by atoms with van der Waals surface area (Å²) < 4.78 is 5.49. The van der Waals surface area contributed by atoms with E-state index in [2.05, 4.69) is 17.4 Å². The van der Waals surface area contributed by atoms with E-state index >= 15 is 0 Å². The van der Waals surface area contributed by atoms with E-state index in [4.69, 9.17) is 4.74 Å². The van der Waals surface area contributed by atoms with Crippen LogP contribution >= 0.6 is 0 Å². The molecule has 0 unspecified atom stereocenters. The van der Waals surface area contributed by atoms with Crippen molar-refractivity contribution < 1.29 is 14.3 Å². The van der Waals surface area contributed by atoms with Crippen LogP contribution in [0.4, 0.5) is 0 Å². The molecule has 0 heterocycles. The molecule has 3 rings (SSSR count). The lowest BCUT2D eigenvalue weighted by atomic mass is 10.1. The van der Waals surface area contributed by atoms with Crippen LogP contribution in [-0.2, 0) is 11.2 Å². The molecule has 1 amide bonds. The molecule has 0 saturated carbocycles. The Morgan fingerprint density at radius 1 is 1.17 bits per heavy atom. The molecule has 1 aliphatic rings. The van der Waals surface area contributed by atoms with Gasteiger partial charge < -0.3 is 10.1 Å². The SMILES string of the molecule is CC(=O)c1cccc(OCC(=O)N[C@H]2CCc3ccccc32)c1. The van der Waals surface area contributed by atoms with Gasteiger partial charge in [-0.15, -0.1) is 0 Å². The number of carbonyl (C=O) groups is 2. The summed E-state index contributed by atoms with van der Waals surface area (Å²) in [5.41, 5.74) is 3.07. The number of hydrogen-bond acceptors (Lipinski definition) is 3. The molecule has 0 bridgehead atoms. The van der Waals surface area contributed by atoms with Gasteiger partial charge in [-0.25, -0.2) is 0 Å². The number of aryl methyl sites for hydroxylation is 1. The van der Waals surface area contributed by atoms with E-state index in [0.717, 1.165) is 12.8 Å². The number of rotatable bonds is 5. The number of Topliss-reactive ketones (excluding diaryl/α,β-unsaturated/α-hetero) is 1. The Hall–Kier alpha value is -2.62.